The highest BCUT2D eigenvalue weighted by molar-refractivity contribution is 8.14. The second kappa shape index (κ2) is 16.6. The minimum absolute atomic E-state index is 0.138. The van der Waals surface area contributed by atoms with Gasteiger partial charge in [0.1, 0.15) is 11.9 Å². The van der Waals surface area contributed by atoms with E-state index in [9.17, 15) is 18.8 Å². The summed E-state index contributed by atoms with van der Waals surface area (Å²) in [6, 6.07) is 10.9. The Labute approximate surface area is 269 Å². The number of nitrogens with zero attached hydrogens (tertiary/aromatic N) is 1. The van der Waals surface area contributed by atoms with Crippen LogP contribution in [0.1, 0.15) is 55.5 Å². The van der Waals surface area contributed by atoms with Gasteiger partial charge in [-0.3, -0.25) is 9.59 Å². The molecule has 2 aromatic carbocycles. The number of esters is 1. The molecule has 1 amide bonds. The first-order valence-corrected chi connectivity index (χ1v) is 17.6. The molecule has 3 atom stereocenters. The molecule has 2 fully saturated rings. The zero-order valence-corrected chi connectivity index (χ0v) is 27.6. The summed E-state index contributed by atoms with van der Waals surface area (Å²) in [5.74, 6) is -0.364. The fraction of sp³-hybridized carbons (Fsp3) is 0.500. The summed E-state index contributed by atoms with van der Waals surface area (Å²) in [7, 11) is 2.10. The van der Waals surface area contributed by atoms with E-state index >= 15 is 0 Å². The lowest BCUT2D eigenvalue weighted by atomic mass is 9.96. The van der Waals surface area contributed by atoms with Crippen molar-refractivity contribution in [2.75, 3.05) is 38.7 Å². The molecule has 2 saturated heterocycles. The summed E-state index contributed by atoms with van der Waals surface area (Å²) in [5.41, 5.74) is 2.62. The number of benzene rings is 2. The minimum atomic E-state index is -0.774. The fourth-order valence-electron chi connectivity index (χ4n) is 5.47. The largest absolute Gasteiger partial charge is 0.461 e. The third kappa shape index (κ3) is 9.92. The second-order valence-electron chi connectivity index (χ2n) is 11.9. The maximum Gasteiger partial charge on any atom is 0.328 e. The van der Waals surface area contributed by atoms with Crippen LogP contribution in [0.5, 0.6) is 0 Å². The summed E-state index contributed by atoms with van der Waals surface area (Å²) in [6.07, 6.45) is 8.97. The van der Waals surface area contributed by atoms with Crippen molar-refractivity contribution in [1.29, 1.82) is 0 Å². The number of likely N-dealkylation sites (tertiary alicyclic amines) is 1. The standard InChI is InChI=1S/C34H44FN3O4S2/c1-22(2)42-33(40)31(15-18-43-4)37-32(39)29-12-6-23(19-30(29)24-7-9-26(35)10-8-24)5-11-27-20-28(21-36-27)44-34(41)25-13-16-38(3)17-14-25/h5-12,19,22,25,27-28,31,36H,13-18,20-21H2,1-4H3,(H,37,39)/b11-5+/t27-,28+,31+/m1/s1. The molecule has 0 aliphatic carbocycles. The lowest BCUT2D eigenvalue weighted by molar-refractivity contribution is -0.149. The number of nitrogens with one attached hydrogen (secondary N) is 2. The number of rotatable bonds is 12. The molecule has 238 valence electrons. The predicted molar refractivity (Wildman–Crippen MR) is 179 cm³/mol. The first kappa shape index (κ1) is 34.2. The van der Waals surface area contributed by atoms with E-state index in [4.69, 9.17) is 4.74 Å². The van der Waals surface area contributed by atoms with E-state index in [2.05, 4.69) is 28.7 Å². The van der Waals surface area contributed by atoms with Gasteiger partial charge in [-0.15, -0.1) is 0 Å². The molecule has 4 rings (SSSR count). The second-order valence-corrected chi connectivity index (χ2v) is 14.1. The van der Waals surface area contributed by atoms with Crippen molar-refractivity contribution in [2.45, 2.75) is 63.0 Å². The lowest BCUT2D eigenvalue weighted by Crippen LogP contribution is -2.43. The highest BCUT2D eigenvalue weighted by Crippen LogP contribution is 2.30. The molecule has 0 unspecified atom stereocenters. The van der Waals surface area contributed by atoms with E-state index in [0.717, 1.165) is 44.5 Å². The Bertz CT molecular complexity index is 1310. The Balaban J connectivity index is 1.47. The molecule has 44 heavy (non-hydrogen) atoms. The van der Waals surface area contributed by atoms with Gasteiger partial charge in [-0.1, -0.05) is 42.1 Å². The van der Waals surface area contributed by atoms with Gasteiger partial charge in [0, 0.05) is 29.3 Å². The van der Waals surface area contributed by atoms with Gasteiger partial charge in [0.15, 0.2) is 5.12 Å². The smallest absolute Gasteiger partial charge is 0.328 e. The molecule has 2 N–H and O–H groups in total. The van der Waals surface area contributed by atoms with Crippen molar-refractivity contribution in [3.63, 3.8) is 0 Å². The maximum atomic E-state index is 13.8. The molecule has 2 aliphatic heterocycles. The van der Waals surface area contributed by atoms with Crippen molar-refractivity contribution >= 4 is 46.6 Å². The Hall–Kier alpha value is -2.66. The summed E-state index contributed by atoms with van der Waals surface area (Å²) >= 11 is 3.09. The molecule has 2 heterocycles. The fourth-order valence-corrected chi connectivity index (χ4v) is 7.18. The molecule has 2 aliphatic rings. The summed E-state index contributed by atoms with van der Waals surface area (Å²) in [5, 5.41) is 6.96. The molecular weight excluding hydrogens is 598 g/mol. The van der Waals surface area contributed by atoms with Gasteiger partial charge in [0.25, 0.3) is 5.91 Å². The number of halogens is 1. The first-order valence-electron chi connectivity index (χ1n) is 15.3. The first-order chi connectivity index (χ1) is 21.1. The van der Waals surface area contributed by atoms with Crippen molar-refractivity contribution < 1.29 is 23.5 Å². The molecule has 0 saturated carbocycles. The molecule has 0 radical (unpaired) electrons. The van der Waals surface area contributed by atoms with E-state index in [0.29, 0.717) is 34.0 Å². The topological polar surface area (TPSA) is 87.7 Å². The predicted octanol–water partition coefficient (Wildman–Crippen LogP) is 5.64. The van der Waals surface area contributed by atoms with Crippen molar-refractivity contribution in [3.8, 4) is 11.1 Å². The van der Waals surface area contributed by atoms with E-state index in [1.807, 2.05) is 24.5 Å². The molecule has 0 spiro atoms. The Kier molecular flexibility index (Phi) is 12.9. The van der Waals surface area contributed by atoms with Gasteiger partial charge in [0.05, 0.1) is 6.10 Å². The van der Waals surface area contributed by atoms with Crippen LogP contribution in [0.2, 0.25) is 0 Å². The molecule has 10 heteroatoms. The molecule has 0 aromatic heterocycles. The lowest BCUT2D eigenvalue weighted by Gasteiger charge is -2.28. The van der Waals surface area contributed by atoms with E-state index in [1.54, 1.807) is 43.8 Å². The molecule has 2 aromatic rings. The van der Waals surface area contributed by atoms with E-state index < -0.39 is 17.9 Å². The third-order valence-corrected chi connectivity index (χ3v) is 9.88. The van der Waals surface area contributed by atoms with Crippen molar-refractivity contribution in [1.82, 2.24) is 15.5 Å². The molecular formula is C34H44FN3O4S2. The summed E-state index contributed by atoms with van der Waals surface area (Å²) < 4.78 is 19.2. The SMILES string of the molecule is CSCC[C@H](NC(=O)c1ccc(/C=C/[C@@H]2C[C@H](SC(=O)C3CCN(C)CC3)CN2)cc1-c1ccc(F)cc1)C(=O)OC(C)C. The Morgan fingerprint density at radius 1 is 1.14 bits per heavy atom. The summed E-state index contributed by atoms with van der Waals surface area (Å²) in [4.78, 5) is 41.4. The van der Waals surface area contributed by atoms with Gasteiger partial charge in [-0.25, -0.2) is 9.18 Å². The van der Waals surface area contributed by atoms with Crippen LogP contribution in [0, 0.1) is 11.7 Å². The number of hydrogen-bond acceptors (Lipinski definition) is 8. The number of carbonyl (C=O) groups excluding carboxylic acids is 3. The molecule has 7 nitrogen and oxygen atoms in total. The van der Waals surface area contributed by atoms with Crippen molar-refractivity contribution in [3.05, 3.63) is 65.5 Å². The number of carbonyl (C=O) groups is 3. The van der Waals surface area contributed by atoms with Crippen LogP contribution >= 0.6 is 23.5 Å². The average molecular weight is 642 g/mol. The van der Waals surface area contributed by atoms with Crippen LogP contribution < -0.4 is 10.6 Å². The number of ether oxygens (including phenoxy) is 1. The highest BCUT2D eigenvalue weighted by Gasteiger charge is 2.30. The zero-order chi connectivity index (χ0) is 31.6. The third-order valence-electron chi connectivity index (χ3n) is 7.98. The van der Waals surface area contributed by atoms with Gasteiger partial charge in [-0.2, -0.15) is 11.8 Å². The summed E-state index contributed by atoms with van der Waals surface area (Å²) in [6.45, 7) is 6.30. The monoisotopic (exact) mass is 641 g/mol. The maximum absolute atomic E-state index is 13.8. The van der Waals surface area contributed by atoms with Crippen LogP contribution in [-0.2, 0) is 14.3 Å². The molecule has 0 bridgehead atoms. The van der Waals surface area contributed by atoms with Crippen LogP contribution in [0.25, 0.3) is 17.2 Å². The van der Waals surface area contributed by atoms with Gasteiger partial charge < -0.3 is 20.3 Å². The van der Waals surface area contributed by atoms with Gasteiger partial charge in [0.2, 0.25) is 0 Å². The van der Waals surface area contributed by atoms with Gasteiger partial charge in [-0.05, 0) is 113 Å². The number of thioether (sulfide) groups is 2. The number of piperidine rings is 1. The van der Waals surface area contributed by atoms with Crippen molar-refractivity contribution in [2.24, 2.45) is 5.92 Å². The zero-order valence-electron chi connectivity index (χ0n) is 26.0. The Morgan fingerprint density at radius 3 is 2.55 bits per heavy atom. The number of hydrogen-bond donors (Lipinski definition) is 2. The van der Waals surface area contributed by atoms with Crippen LogP contribution in [-0.4, -0.2) is 84.0 Å². The normalized spacial score (nSPS) is 20.2. The highest BCUT2D eigenvalue weighted by atomic mass is 32.2. The van der Waals surface area contributed by atoms with E-state index in [1.165, 1.54) is 23.9 Å². The minimum Gasteiger partial charge on any atom is -0.461 e. The Morgan fingerprint density at radius 2 is 1.86 bits per heavy atom. The van der Waals surface area contributed by atoms with Crippen LogP contribution in [0.15, 0.2) is 48.5 Å². The number of amides is 1. The van der Waals surface area contributed by atoms with Crippen LogP contribution in [0.3, 0.4) is 0 Å². The average Bonchev–Trinajstić information content (AvgIpc) is 3.45. The quantitative estimate of drug-likeness (QED) is 0.288. The van der Waals surface area contributed by atoms with Gasteiger partial charge >= 0.3 is 5.97 Å². The van der Waals surface area contributed by atoms with E-state index in [-0.39, 0.29) is 29.1 Å². The van der Waals surface area contributed by atoms with Crippen LogP contribution in [0.4, 0.5) is 4.39 Å².